The summed E-state index contributed by atoms with van der Waals surface area (Å²) < 4.78 is 0. The van der Waals surface area contributed by atoms with Gasteiger partial charge in [0, 0.05) is 12.1 Å². The monoisotopic (exact) mass is 163 g/mol. The van der Waals surface area contributed by atoms with Crippen LogP contribution < -0.4 is 0 Å². The largest absolute Gasteiger partial charge is 0.359 e. The predicted molar refractivity (Wildman–Crippen MR) is 47.0 cm³/mol. The van der Waals surface area contributed by atoms with Crippen LogP contribution in [0.25, 0.3) is 0 Å². The summed E-state index contributed by atoms with van der Waals surface area (Å²) in [6.07, 6.45) is 2.83. The van der Waals surface area contributed by atoms with Crippen LogP contribution in [0.4, 0.5) is 0 Å². The van der Waals surface area contributed by atoms with E-state index in [0.717, 1.165) is 12.1 Å². The molecule has 0 aliphatic heterocycles. The number of hydrogen-bond donors (Lipinski definition) is 1. The Bertz CT molecular complexity index is 298. The molecule has 1 aliphatic carbocycles. The van der Waals surface area contributed by atoms with Crippen LogP contribution in [0.1, 0.15) is 30.8 Å². The maximum Gasteiger partial charge on any atom is 0.182 e. The highest BCUT2D eigenvalue weighted by atomic mass is 16.1. The van der Waals surface area contributed by atoms with E-state index in [0.29, 0.717) is 0 Å². The summed E-state index contributed by atoms with van der Waals surface area (Å²) in [5, 5.41) is 0. The van der Waals surface area contributed by atoms with E-state index in [1.54, 1.807) is 6.20 Å². The van der Waals surface area contributed by atoms with Crippen molar-refractivity contribution in [3.8, 4) is 0 Å². The Morgan fingerprint density at radius 1 is 1.67 bits per heavy atom. The van der Waals surface area contributed by atoms with Gasteiger partial charge in [-0.1, -0.05) is 13.8 Å². The molecule has 0 radical (unpaired) electrons. The molecule has 2 rings (SSSR count). The van der Waals surface area contributed by atoms with E-state index in [2.05, 4.69) is 18.8 Å². The lowest BCUT2D eigenvalue weighted by atomic mass is 10.1. The molecular formula is C10H13NO. The number of rotatable bonds is 2. The molecule has 1 unspecified atom stereocenters. The number of H-pyrrole nitrogens is 1. The third-order valence-electron chi connectivity index (χ3n) is 2.69. The fourth-order valence-corrected chi connectivity index (χ4v) is 1.59. The Balaban J connectivity index is 2.14. The molecule has 1 aromatic heterocycles. The quantitative estimate of drug-likeness (QED) is 0.666. The van der Waals surface area contributed by atoms with E-state index in [1.807, 2.05) is 12.1 Å². The molecule has 1 heterocycles. The number of ketones is 1. The van der Waals surface area contributed by atoms with Gasteiger partial charge in [0.25, 0.3) is 0 Å². The Labute approximate surface area is 72.0 Å². The third-order valence-corrected chi connectivity index (χ3v) is 2.69. The fourth-order valence-electron chi connectivity index (χ4n) is 1.59. The SMILES string of the molecule is CC1(C)CC1C(=O)c1ccc[nH]1. The zero-order valence-electron chi connectivity index (χ0n) is 7.42. The van der Waals surface area contributed by atoms with Crippen LogP contribution in [0.3, 0.4) is 0 Å². The number of nitrogens with one attached hydrogen (secondary N) is 1. The van der Waals surface area contributed by atoms with Crippen molar-refractivity contribution in [2.24, 2.45) is 11.3 Å². The lowest BCUT2D eigenvalue weighted by molar-refractivity contribution is 0.0949. The lowest BCUT2D eigenvalue weighted by Gasteiger charge is -1.99. The van der Waals surface area contributed by atoms with Gasteiger partial charge in [0.15, 0.2) is 5.78 Å². The molecule has 1 aliphatic rings. The van der Waals surface area contributed by atoms with E-state index in [9.17, 15) is 4.79 Å². The summed E-state index contributed by atoms with van der Waals surface area (Å²) >= 11 is 0. The van der Waals surface area contributed by atoms with Gasteiger partial charge in [0.05, 0.1) is 5.69 Å². The van der Waals surface area contributed by atoms with Crippen LogP contribution in [0, 0.1) is 11.3 Å². The minimum atomic E-state index is 0.238. The second kappa shape index (κ2) is 2.22. The van der Waals surface area contributed by atoms with Gasteiger partial charge in [0.1, 0.15) is 0 Å². The highest BCUT2D eigenvalue weighted by Crippen LogP contribution is 2.52. The molecule has 0 bridgehead atoms. The topological polar surface area (TPSA) is 32.9 Å². The molecule has 1 N–H and O–H groups in total. The number of Topliss-reactive ketones (excluding diaryl/α,β-unsaturated/α-hetero) is 1. The summed E-state index contributed by atoms with van der Waals surface area (Å²) in [5.41, 5.74) is 0.993. The second-order valence-corrected chi connectivity index (χ2v) is 4.19. The first kappa shape index (κ1) is 7.59. The summed E-state index contributed by atoms with van der Waals surface area (Å²) in [7, 11) is 0. The van der Waals surface area contributed by atoms with Crippen molar-refractivity contribution < 1.29 is 4.79 Å². The molecule has 64 valence electrons. The summed E-state index contributed by atoms with van der Waals surface area (Å²) in [5.74, 6) is 0.515. The van der Waals surface area contributed by atoms with Gasteiger partial charge in [-0.3, -0.25) is 4.79 Å². The Morgan fingerprint density at radius 3 is 2.75 bits per heavy atom. The first-order valence-corrected chi connectivity index (χ1v) is 4.29. The van der Waals surface area contributed by atoms with Gasteiger partial charge in [0.2, 0.25) is 0 Å². The number of aromatic nitrogens is 1. The molecule has 12 heavy (non-hydrogen) atoms. The van der Waals surface area contributed by atoms with E-state index in [4.69, 9.17) is 0 Å². The van der Waals surface area contributed by atoms with Gasteiger partial charge in [-0.15, -0.1) is 0 Å². The first-order valence-electron chi connectivity index (χ1n) is 4.29. The van der Waals surface area contributed by atoms with Crippen molar-refractivity contribution in [3.63, 3.8) is 0 Å². The standard InChI is InChI=1S/C10H13NO/c1-10(2)6-7(10)9(12)8-4-3-5-11-8/h3-5,7,11H,6H2,1-2H3. The molecule has 1 atom stereocenters. The van der Waals surface area contributed by atoms with Crippen LogP contribution in [0.15, 0.2) is 18.3 Å². The lowest BCUT2D eigenvalue weighted by Crippen LogP contribution is -2.06. The van der Waals surface area contributed by atoms with Crippen molar-refractivity contribution >= 4 is 5.78 Å². The number of carbonyl (C=O) groups is 1. The molecule has 1 saturated carbocycles. The Morgan fingerprint density at radius 2 is 2.33 bits per heavy atom. The Kier molecular flexibility index (Phi) is 1.40. The maximum absolute atomic E-state index is 11.7. The summed E-state index contributed by atoms with van der Waals surface area (Å²) in [6, 6.07) is 3.71. The van der Waals surface area contributed by atoms with Gasteiger partial charge in [-0.05, 0) is 24.0 Å². The number of hydrogen-bond acceptors (Lipinski definition) is 1. The molecule has 0 amide bonds. The number of carbonyl (C=O) groups excluding carboxylic acids is 1. The highest BCUT2D eigenvalue weighted by molar-refractivity contribution is 5.98. The summed E-state index contributed by atoms with van der Waals surface area (Å²) in [4.78, 5) is 14.6. The van der Waals surface area contributed by atoms with Gasteiger partial charge in [-0.25, -0.2) is 0 Å². The zero-order valence-corrected chi connectivity index (χ0v) is 7.42. The smallest absolute Gasteiger partial charge is 0.182 e. The molecule has 2 nitrogen and oxygen atoms in total. The van der Waals surface area contributed by atoms with Crippen LogP contribution in [0.2, 0.25) is 0 Å². The molecule has 0 aromatic carbocycles. The molecule has 0 saturated heterocycles. The van der Waals surface area contributed by atoms with Crippen LogP contribution in [0.5, 0.6) is 0 Å². The van der Waals surface area contributed by atoms with Crippen molar-refractivity contribution in [1.29, 1.82) is 0 Å². The van der Waals surface area contributed by atoms with E-state index in [1.165, 1.54) is 0 Å². The fraction of sp³-hybridized carbons (Fsp3) is 0.500. The average Bonchev–Trinajstić information content (AvgIpc) is 2.56. The van der Waals surface area contributed by atoms with Crippen molar-refractivity contribution in [2.45, 2.75) is 20.3 Å². The second-order valence-electron chi connectivity index (χ2n) is 4.19. The van der Waals surface area contributed by atoms with Crippen molar-refractivity contribution in [1.82, 2.24) is 4.98 Å². The molecule has 2 heteroatoms. The van der Waals surface area contributed by atoms with E-state index >= 15 is 0 Å². The summed E-state index contributed by atoms with van der Waals surface area (Å²) in [6.45, 7) is 4.27. The van der Waals surface area contributed by atoms with Gasteiger partial charge >= 0.3 is 0 Å². The van der Waals surface area contributed by atoms with Crippen LogP contribution in [-0.4, -0.2) is 10.8 Å². The minimum Gasteiger partial charge on any atom is -0.359 e. The van der Waals surface area contributed by atoms with Crippen LogP contribution in [-0.2, 0) is 0 Å². The van der Waals surface area contributed by atoms with Crippen molar-refractivity contribution in [3.05, 3.63) is 24.0 Å². The zero-order chi connectivity index (χ0) is 8.77. The average molecular weight is 163 g/mol. The van der Waals surface area contributed by atoms with Crippen molar-refractivity contribution in [2.75, 3.05) is 0 Å². The minimum absolute atomic E-state index is 0.238. The Hall–Kier alpha value is -1.05. The van der Waals surface area contributed by atoms with E-state index < -0.39 is 0 Å². The highest BCUT2D eigenvalue weighted by Gasteiger charge is 2.50. The maximum atomic E-state index is 11.7. The first-order chi connectivity index (χ1) is 5.61. The third kappa shape index (κ3) is 1.07. The molecule has 1 fully saturated rings. The predicted octanol–water partition coefficient (Wildman–Crippen LogP) is 2.24. The molecular weight excluding hydrogens is 150 g/mol. The molecule has 1 aromatic rings. The number of aromatic amines is 1. The van der Waals surface area contributed by atoms with E-state index in [-0.39, 0.29) is 17.1 Å². The normalized spacial score (nSPS) is 25.3. The van der Waals surface area contributed by atoms with Gasteiger partial charge in [-0.2, -0.15) is 0 Å². The molecule has 0 spiro atoms. The van der Waals surface area contributed by atoms with Crippen LogP contribution >= 0.6 is 0 Å². The van der Waals surface area contributed by atoms with Gasteiger partial charge < -0.3 is 4.98 Å².